The molecule has 0 saturated carbocycles. The minimum absolute atomic E-state index is 0.0437. The molecule has 0 aromatic rings. The fraction of sp³-hybridized carbons (Fsp3) is 0.909. The predicted octanol–water partition coefficient (Wildman–Crippen LogP) is 0.607. The van der Waals surface area contributed by atoms with Crippen molar-refractivity contribution < 1.29 is 9.53 Å². The number of methoxy groups -OCH3 is 1. The Bertz CT molecular complexity index is 221. The molecule has 1 aliphatic heterocycles. The van der Waals surface area contributed by atoms with E-state index in [0.717, 1.165) is 25.9 Å². The van der Waals surface area contributed by atoms with Gasteiger partial charge in [0.25, 0.3) is 0 Å². The number of hydrogen-bond donors (Lipinski definition) is 1. The molecule has 1 unspecified atom stereocenters. The van der Waals surface area contributed by atoms with Gasteiger partial charge in [-0.1, -0.05) is 6.92 Å². The molecule has 0 bridgehead atoms. The first-order valence-electron chi connectivity index (χ1n) is 5.67. The van der Waals surface area contributed by atoms with E-state index in [1.165, 1.54) is 7.11 Å². The van der Waals surface area contributed by atoms with Crippen molar-refractivity contribution in [2.24, 2.45) is 11.7 Å². The first kappa shape index (κ1) is 12.5. The van der Waals surface area contributed by atoms with E-state index in [1.807, 2.05) is 0 Å². The molecule has 1 saturated heterocycles. The van der Waals surface area contributed by atoms with Gasteiger partial charge in [-0.2, -0.15) is 0 Å². The van der Waals surface area contributed by atoms with Gasteiger partial charge < -0.3 is 10.5 Å². The molecule has 15 heavy (non-hydrogen) atoms. The quantitative estimate of drug-likeness (QED) is 0.699. The fourth-order valence-corrected chi connectivity index (χ4v) is 2.05. The Morgan fingerprint density at radius 1 is 1.67 bits per heavy atom. The third kappa shape index (κ3) is 2.92. The van der Waals surface area contributed by atoms with Crippen molar-refractivity contribution in [3.8, 4) is 0 Å². The van der Waals surface area contributed by atoms with Crippen LogP contribution in [0.15, 0.2) is 0 Å². The van der Waals surface area contributed by atoms with E-state index >= 15 is 0 Å². The van der Waals surface area contributed by atoms with Crippen LogP contribution in [-0.4, -0.2) is 43.2 Å². The molecule has 1 rings (SSSR count). The molecule has 4 heteroatoms. The molecule has 3 atom stereocenters. The lowest BCUT2D eigenvalue weighted by molar-refractivity contribution is -0.148. The first-order chi connectivity index (χ1) is 7.10. The van der Waals surface area contributed by atoms with Gasteiger partial charge in [0.05, 0.1) is 13.0 Å². The molecule has 0 amide bonds. The number of likely N-dealkylation sites (tertiary alicyclic amines) is 1. The lowest BCUT2D eigenvalue weighted by Gasteiger charge is -2.38. The molecule has 1 aliphatic rings. The largest absolute Gasteiger partial charge is 0.469 e. The van der Waals surface area contributed by atoms with E-state index in [-0.39, 0.29) is 17.9 Å². The van der Waals surface area contributed by atoms with Gasteiger partial charge in [-0.25, -0.2) is 0 Å². The summed E-state index contributed by atoms with van der Waals surface area (Å²) in [6.07, 6.45) is 1.98. The molecule has 0 aromatic carbocycles. The molecular formula is C11H22N2O2. The van der Waals surface area contributed by atoms with Crippen LogP contribution in [0.1, 0.15) is 26.7 Å². The van der Waals surface area contributed by atoms with Gasteiger partial charge in [0.1, 0.15) is 0 Å². The summed E-state index contributed by atoms with van der Waals surface area (Å²) in [7, 11) is 1.43. The summed E-state index contributed by atoms with van der Waals surface area (Å²) >= 11 is 0. The Kier molecular flexibility index (Phi) is 4.54. The number of rotatable bonds is 3. The summed E-state index contributed by atoms with van der Waals surface area (Å²) < 4.78 is 4.78. The highest BCUT2D eigenvalue weighted by Crippen LogP contribution is 2.19. The SMILES string of the molecule is CCC(C)N1CC[C@@H](N)[C@@H](C(=O)OC)C1. The van der Waals surface area contributed by atoms with Crippen LogP contribution in [0.4, 0.5) is 0 Å². The molecule has 0 aromatic heterocycles. The second-order valence-corrected chi connectivity index (χ2v) is 4.33. The molecule has 1 heterocycles. The third-order valence-corrected chi connectivity index (χ3v) is 3.42. The van der Waals surface area contributed by atoms with Crippen molar-refractivity contribution in [2.75, 3.05) is 20.2 Å². The van der Waals surface area contributed by atoms with Gasteiger partial charge >= 0.3 is 5.97 Å². The van der Waals surface area contributed by atoms with Crippen LogP contribution in [-0.2, 0) is 9.53 Å². The van der Waals surface area contributed by atoms with E-state index in [2.05, 4.69) is 18.7 Å². The molecule has 2 N–H and O–H groups in total. The van der Waals surface area contributed by atoms with Gasteiger partial charge in [-0.3, -0.25) is 9.69 Å². The molecule has 0 spiro atoms. The maximum absolute atomic E-state index is 11.5. The monoisotopic (exact) mass is 214 g/mol. The zero-order valence-corrected chi connectivity index (χ0v) is 9.90. The normalized spacial score (nSPS) is 29.9. The van der Waals surface area contributed by atoms with Crippen molar-refractivity contribution in [3.05, 3.63) is 0 Å². The zero-order chi connectivity index (χ0) is 11.4. The second kappa shape index (κ2) is 5.47. The molecule has 4 nitrogen and oxygen atoms in total. The average Bonchev–Trinajstić information content (AvgIpc) is 2.27. The number of piperidine rings is 1. The lowest BCUT2D eigenvalue weighted by atomic mass is 9.92. The van der Waals surface area contributed by atoms with Gasteiger partial charge in [-0.05, 0) is 26.3 Å². The first-order valence-corrected chi connectivity index (χ1v) is 5.67. The highest BCUT2D eigenvalue weighted by molar-refractivity contribution is 5.73. The summed E-state index contributed by atoms with van der Waals surface area (Å²) in [6, 6.07) is 0.474. The lowest BCUT2D eigenvalue weighted by Crippen LogP contribution is -2.52. The number of carbonyl (C=O) groups is 1. The summed E-state index contributed by atoms with van der Waals surface area (Å²) in [6.45, 7) is 6.07. The number of esters is 1. The maximum Gasteiger partial charge on any atom is 0.311 e. The highest BCUT2D eigenvalue weighted by Gasteiger charge is 2.33. The van der Waals surface area contributed by atoms with E-state index < -0.39 is 0 Å². The van der Waals surface area contributed by atoms with E-state index in [4.69, 9.17) is 10.5 Å². The maximum atomic E-state index is 11.5. The third-order valence-electron chi connectivity index (χ3n) is 3.42. The van der Waals surface area contributed by atoms with Crippen LogP contribution in [0, 0.1) is 5.92 Å². The van der Waals surface area contributed by atoms with Crippen LogP contribution < -0.4 is 5.73 Å². The minimum atomic E-state index is -0.171. The van der Waals surface area contributed by atoms with Gasteiger partial charge in [0.15, 0.2) is 0 Å². The van der Waals surface area contributed by atoms with Crippen LogP contribution in [0.3, 0.4) is 0 Å². The van der Waals surface area contributed by atoms with E-state index in [9.17, 15) is 4.79 Å². The van der Waals surface area contributed by atoms with Crippen LogP contribution in [0.5, 0.6) is 0 Å². The minimum Gasteiger partial charge on any atom is -0.469 e. The van der Waals surface area contributed by atoms with Crippen LogP contribution >= 0.6 is 0 Å². The predicted molar refractivity (Wildman–Crippen MR) is 59.4 cm³/mol. The summed E-state index contributed by atoms with van der Waals surface area (Å²) in [5.41, 5.74) is 5.93. The summed E-state index contributed by atoms with van der Waals surface area (Å²) in [5, 5.41) is 0. The summed E-state index contributed by atoms with van der Waals surface area (Å²) in [4.78, 5) is 13.8. The van der Waals surface area contributed by atoms with Crippen molar-refractivity contribution in [2.45, 2.75) is 38.8 Å². The Balaban J connectivity index is 2.59. The van der Waals surface area contributed by atoms with Gasteiger partial charge in [0, 0.05) is 18.6 Å². The van der Waals surface area contributed by atoms with E-state index in [1.54, 1.807) is 0 Å². The number of nitrogens with zero attached hydrogens (tertiary/aromatic N) is 1. The Labute approximate surface area is 91.8 Å². The smallest absolute Gasteiger partial charge is 0.311 e. The molecular weight excluding hydrogens is 192 g/mol. The molecule has 1 fully saturated rings. The van der Waals surface area contributed by atoms with Crippen molar-refractivity contribution in [3.63, 3.8) is 0 Å². The number of nitrogens with two attached hydrogens (primary N) is 1. The summed E-state index contributed by atoms with van der Waals surface area (Å²) in [5.74, 6) is -0.326. The van der Waals surface area contributed by atoms with Crippen LogP contribution in [0.2, 0.25) is 0 Å². The van der Waals surface area contributed by atoms with Gasteiger partial charge in [0.2, 0.25) is 0 Å². The zero-order valence-electron chi connectivity index (χ0n) is 9.90. The topological polar surface area (TPSA) is 55.6 Å². The Hall–Kier alpha value is -0.610. The standard InChI is InChI=1S/C11H22N2O2/c1-4-8(2)13-6-5-10(12)9(7-13)11(14)15-3/h8-10H,4-7,12H2,1-3H3/t8?,9-,10+/m0/s1. The molecule has 0 radical (unpaired) electrons. The fourth-order valence-electron chi connectivity index (χ4n) is 2.05. The van der Waals surface area contributed by atoms with Crippen molar-refractivity contribution in [1.29, 1.82) is 0 Å². The van der Waals surface area contributed by atoms with Crippen molar-refractivity contribution >= 4 is 5.97 Å². The van der Waals surface area contributed by atoms with Crippen LogP contribution in [0.25, 0.3) is 0 Å². The molecule has 88 valence electrons. The van der Waals surface area contributed by atoms with Crippen molar-refractivity contribution in [1.82, 2.24) is 4.90 Å². The number of carbonyl (C=O) groups excluding carboxylic acids is 1. The average molecular weight is 214 g/mol. The number of hydrogen-bond acceptors (Lipinski definition) is 4. The highest BCUT2D eigenvalue weighted by atomic mass is 16.5. The van der Waals surface area contributed by atoms with E-state index in [0.29, 0.717) is 6.04 Å². The Morgan fingerprint density at radius 2 is 2.33 bits per heavy atom. The molecule has 0 aliphatic carbocycles. The Morgan fingerprint density at radius 3 is 2.87 bits per heavy atom. The number of ether oxygens (including phenoxy) is 1. The van der Waals surface area contributed by atoms with Gasteiger partial charge in [-0.15, -0.1) is 0 Å². The second-order valence-electron chi connectivity index (χ2n) is 4.33.